The van der Waals surface area contributed by atoms with E-state index in [4.69, 9.17) is 9.15 Å². The fourth-order valence-electron chi connectivity index (χ4n) is 3.08. The Morgan fingerprint density at radius 3 is 2.25 bits per heavy atom. The second kappa shape index (κ2) is 7.86. The van der Waals surface area contributed by atoms with Crippen LogP contribution in [0, 0.1) is 6.92 Å². The normalized spacial score (nSPS) is 15.8. The maximum Gasteiger partial charge on any atom is 0.673 e. The Morgan fingerprint density at radius 2 is 1.67 bits per heavy atom. The van der Waals surface area contributed by atoms with Crippen LogP contribution >= 0.6 is 0 Å². The average molecular weight is 344 g/mol. The van der Waals surface area contributed by atoms with Gasteiger partial charge in [-0.15, -0.1) is 0 Å². The second-order valence-electron chi connectivity index (χ2n) is 6.02. The van der Waals surface area contributed by atoms with E-state index in [1.54, 1.807) is 7.11 Å². The highest BCUT2D eigenvalue weighted by molar-refractivity contribution is 6.50. The molecule has 1 aromatic heterocycles. The SMILES string of the molecule is COc1ccc2c(C)cc(C3CCCCC3)[o+]c2c1.F[B-](F)(F)F. The Morgan fingerprint density at radius 1 is 1.04 bits per heavy atom. The van der Waals surface area contributed by atoms with Crippen molar-refractivity contribution in [3.8, 4) is 5.75 Å². The van der Waals surface area contributed by atoms with Gasteiger partial charge in [-0.1, -0.05) is 19.3 Å². The first kappa shape index (κ1) is 18.6. The van der Waals surface area contributed by atoms with Crippen LogP contribution in [0.5, 0.6) is 5.75 Å². The molecule has 0 unspecified atom stereocenters. The van der Waals surface area contributed by atoms with Gasteiger partial charge in [-0.3, -0.25) is 0 Å². The van der Waals surface area contributed by atoms with E-state index in [0.29, 0.717) is 5.92 Å². The zero-order valence-corrected chi connectivity index (χ0v) is 13.8. The third-order valence-electron chi connectivity index (χ3n) is 4.21. The number of methoxy groups -OCH3 is 1. The zero-order valence-electron chi connectivity index (χ0n) is 13.8. The van der Waals surface area contributed by atoms with Crippen molar-refractivity contribution in [2.75, 3.05) is 7.11 Å². The van der Waals surface area contributed by atoms with Crippen molar-refractivity contribution >= 4 is 18.2 Å². The van der Waals surface area contributed by atoms with Crippen molar-refractivity contribution in [2.45, 2.75) is 44.9 Å². The molecule has 2 nitrogen and oxygen atoms in total. The van der Waals surface area contributed by atoms with Crippen molar-refractivity contribution < 1.29 is 26.4 Å². The van der Waals surface area contributed by atoms with Crippen molar-refractivity contribution in [3.05, 3.63) is 35.6 Å². The molecular weight excluding hydrogens is 323 g/mol. The van der Waals surface area contributed by atoms with Crippen LogP contribution in [0.4, 0.5) is 17.3 Å². The highest BCUT2D eigenvalue weighted by Crippen LogP contribution is 2.35. The van der Waals surface area contributed by atoms with Gasteiger partial charge in [0.2, 0.25) is 0 Å². The molecular formula is C17H21BF4O2. The molecule has 0 amide bonds. The predicted octanol–water partition coefficient (Wildman–Crippen LogP) is 6.38. The van der Waals surface area contributed by atoms with Crippen LogP contribution in [-0.2, 0) is 0 Å². The van der Waals surface area contributed by atoms with E-state index in [0.717, 1.165) is 17.1 Å². The van der Waals surface area contributed by atoms with Crippen LogP contribution in [0.15, 0.2) is 28.7 Å². The van der Waals surface area contributed by atoms with Crippen LogP contribution in [0.25, 0.3) is 11.0 Å². The third kappa shape index (κ3) is 5.39. The topological polar surface area (TPSA) is 20.5 Å². The Labute approximate surface area is 138 Å². The second-order valence-corrected chi connectivity index (χ2v) is 6.02. The largest absolute Gasteiger partial charge is 0.673 e. The first-order chi connectivity index (χ1) is 11.3. The molecule has 132 valence electrons. The first-order valence-electron chi connectivity index (χ1n) is 8.06. The summed E-state index contributed by atoms with van der Waals surface area (Å²) in [6.45, 7) is 2.16. The monoisotopic (exact) mass is 344 g/mol. The minimum atomic E-state index is -6.00. The molecule has 1 aliphatic rings. The molecule has 0 atom stereocenters. The number of fused-ring (bicyclic) bond motifs is 1. The standard InChI is InChI=1S/C17H21O2.BF4/c1-12-10-16(13-6-4-3-5-7-13)19-17-11-14(18-2)8-9-15(12)17;2-1(3,4)5/h8-11,13H,3-7H2,1-2H3;/q+1;-1. The Kier molecular flexibility index (Phi) is 6.07. The number of rotatable bonds is 2. The van der Waals surface area contributed by atoms with E-state index in [9.17, 15) is 17.3 Å². The molecule has 0 radical (unpaired) electrons. The van der Waals surface area contributed by atoms with Gasteiger partial charge in [-0.2, -0.15) is 0 Å². The summed E-state index contributed by atoms with van der Waals surface area (Å²) >= 11 is 0. The zero-order chi connectivity index (χ0) is 17.7. The minimum Gasteiger partial charge on any atom is -0.496 e. The van der Waals surface area contributed by atoms with Gasteiger partial charge in [0.1, 0.15) is 5.75 Å². The molecule has 0 spiro atoms. The van der Waals surface area contributed by atoms with Gasteiger partial charge in [0.15, 0.2) is 0 Å². The van der Waals surface area contributed by atoms with E-state index < -0.39 is 7.25 Å². The van der Waals surface area contributed by atoms with Gasteiger partial charge >= 0.3 is 18.6 Å². The number of benzene rings is 1. The lowest BCUT2D eigenvalue weighted by molar-refractivity contribution is 0.368. The van der Waals surface area contributed by atoms with E-state index in [1.807, 2.05) is 12.1 Å². The number of halogens is 4. The number of ether oxygens (including phenoxy) is 1. The number of hydrogen-bond acceptors (Lipinski definition) is 1. The van der Waals surface area contributed by atoms with E-state index in [1.165, 1.54) is 43.1 Å². The maximum atomic E-state index is 9.75. The molecule has 3 rings (SSSR count). The molecule has 1 heterocycles. The van der Waals surface area contributed by atoms with Crippen LogP contribution in [0.3, 0.4) is 0 Å². The Hall–Kier alpha value is -1.79. The molecule has 0 N–H and O–H groups in total. The summed E-state index contributed by atoms with van der Waals surface area (Å²) in [7, 11) is -4.31. The van der Waals surface area contributed by atoms with Crippen LogP contribution in [0.2, 0.25) is 0 Å². The molecule has 24 heavy (non-hydrogen) atoms. The fraction of sp³-hybridized carbons (Fsp3) is 0.471. The van der Waals surface area contributed by atoms with Crippen molar-refractivity contribution in [2.24, 2.45) is 0 Å². The minimum absolute atomic E-state index is 0.600. The molecule has 1 fully saturated rings. The lowest BCUT2D eigenvalue weighted by atomic mass is 9.87. The summed E-state index contributed by atoms with van der Waals surface area (Å²) in [6.07, 6.45) is 6.55. The van der Waals surface area contributed by atoms with Crippen molar-refractivity contribution in [1.29, 1.82) is 0 Å². The van der Waals surface area contributed by atoms with Gasteiger partial charge < -0.3 is 22.0 Å². The Bertz CT molecular complexity index is 676. The summed E-state index contributed by atoms with van der Waals surface area (Å²) < 4.78 is 50.4. The molecule has 0 aliphatic heterocycles. The fourth-order valence-corrected chi connectivity index (χ4v) is 3.08. The number of hydrogen-bond donors (Lipinski definition) is 0. The van der Waals surface area contributed by atoms with Gasteiger partial charge in [0, 0.05) is 6.07 Å². The average Bonchev–Trinajstić information content (AvgIpc) is 2.53. The summed E-state index contributed by atoms with van der Waals surface area (Å²) in [5, 5.41) is 1.18. The highest BCUT2D eigenvalue weighted by Gasteiger charge is 2.27. The molecule has 2 aromatic rings. The number of aryl methyl sites for hydroxylation is 1. The van der Waals surface area contributed by atoms with Gasteiger partial charge in [0.25, 0.3) is 0 Å². The molecule has 1 saturated carbocycles. The quantitative estimate of drug-likeness (QED) is 0.358. The smallest absolute Gasteiger partial charge is 0.496 e. The van der Waals surface area contributed by atoms with Gasteiger partial charge in [-0.25, -0.2) is 4.42 Å². The molecule has 1 aliphatic carbocycles. The van der Waals surface area contributed by atoms with E-state index >= 15 is 0 Å². The van der Waals surface area contributed by atoms with Crippen LogP contribution in [-0.4, -0.2) is 14.4 Å². The van der Waals surface area contributed by atoms with Crippen molar-refractivity contribution in [1.82, 2.24) is 0 Å². The van der Waals surface area contributed by atoms with E-state index in [2.05, 4.69) is 19.1 Å². The first-order valence-corrected chi connectivity index (χ1v) is 8.06. The molecule has 0 saturated heterocycles. The summed E-state index contributed by atoms with van der Waals surface area (Å²) in [4.78, 5) is 0. The van der Waals surface area contributed by atoms with Crippen LogP contribution in [0.1, 0.15) is 49.3 Å². The van der Waals surface area contributed by atoms with Gasteiger partial charge in [-0.05, 0) is 37.5 Å². The Balaban J connectivity index is 0.000000368. The maximum absolute atomic E-state index is 9.75. The van der Waals surface area contributed by atoms with Crippen LogP contribution < -0.4 is 4.74 Å². The highest BCUT2D eigenvalue weighted by atomic mass is 19.5. The lowest BCUT2D eigenvalue weighted by Crippen LogP contribution is -2.04. The molecule has 1 aromatic carbocycles. The van der Waals surface area contributed by atoms with Crippen molar-refractivity contribution in [3.63, 3.8) is 0 Å². The van der Waals surface area contributed by atoms with Gasteiger partial charge in [0.05, 0.1) is 24.5 Å². The molecule has 0 bridgehead atoms. The molecule has 7 heteroatoms. The lowest BCUT2D eigenvalue weighted by Gasteiger charge is -2.16. The predicted molar refractivity (Wildman–Crippen MR) is 87.9 cm³/mol. The third-order valence-corrected chi connectivity index (χ3v) is 4.21. The van der Waals surface area contributed by atoms with E-state index in [-0.39, 0.29) is 0 Å². The summed E-state index contributed by atoms with van der Waals surface area (Å²) in [6, 6.07) is 8.29. The summed E-state index contributed by atoms with van der Waals surface area (Å²) in [5.41, 5.74) is 2.24. The summed E-state index contributed by atoms with van der Waals surface area (Å²) in [5.74, 6) is 2.61.